The molecule has 3 N–H and O–H groups in total. The maximum absolute atomic E-state index is 12.8. The van der Waals surface area contributed by atoms with Crippen LogP contribution in [0.2, 0.25) is 0 Å². The molecular formula is C91H150NO8P. The highest BCUT2D eigenvalue weighted by atomic mass is 31.2. The van der Waals surface area contributed by atoms with E-state index in [1.54, 1.807) is 0 Å². The van der Waals surface area contributed by atoms with Crippen LogP contribution < -0.4 is 5.73 Å². The van der Waals surface area contributed by atoms with Gasteiger partial charge in [-0.25, -0.2) is 4.57 Å². The van der Waals surface area contributed by atoms with Gasteiger partial charge >= 0.3 is 19.8 Å². The summed E-state index contributed by atoms with van der Waals surface area (Å²) >= 11 is 0. The molecule has 0 aliphatic rings. The summed E-state index contributed by atoms with van der Waals surface area (Å²) in [6.45, 7) is 3.53. The summed E-state index contributed by atoms with van der Waals surface area (Å²) in [5.74, 6) is -0.827. The van der Waals surface area contributed by atoms with Crippen molar-refractivity contribution in [2.45, 2.75) is 341 Å². The van der Waals surface area contributed by atoms with Crippen molar-refractivity contribution in [1.82, 2.24) is 0 Å². The fourth-order valence-electron chi connectivity index (χ4n) is 11.0. The first-order chi connectivity index (χ1) is 49.8. The van der Waals surface area contributed by atoms with Gasteiger partial charge in [-0.3, -0.25) is 18.6 Å². The van der Waals surface area contributed by atoms with Crippen LogP contribution in [0.15, 0.2) is 194 Å². The predicted octanol–water partition coefficient (Wildman–Crippen LogP) is 28.0. The molecule has 0 spiro atoms. The fraction of sp³-hybridized carbons (Fsp3) is 0.626. The Kier molecular flexibility index (Phi) is 79.5. The lowest BCUT2D eigenvalue weighted by atomic mass is 10.0. The van der Waals surface area contributed by atoms with Gasteiger partial charge in [-0.1, -0.05) is 375 Å². The van der Waals surface area contributed by atoms with Crippen LogP contribution >= 0.6 is 7.82 Å². The zero-order chi connectivity index (χ0) is 72.9. The Labute approximate surface area is 621 Å². The second-order valence-corrected chi connectivity index (χ2v) is 28.0. The Morgan fingerprint density at radius 2 is 0.515 bits per heavy atom. The van der Waals surface area contributed by atoms with E-state index in [1.807, 2.05) is 0 Å². The smallest absolute Gasteiger partial charge is 0.462 e. The third kappa shape index (κ3) is 83.7. The van der Waals surface area contributed by atoms with Gasteiger partial charge in [0.2, 0.25) is 0 Å². The number of carbonyl (C=O) groups is 2. The number of nitrogens with two attached hydrogens (primary N) is 1. The van der Waals surface area contributed by atoms with Crippen molar-refractivity contribution in [1.29, 1.82) is 0 Å². The maximum atomic E-state index is 12.8. The van der Waals surface area contributed by atoms with E-state index in [2.05, 4.69) is 208 Å². The molecule has 0 aliphatic heterocycles. The molecule has 0 saturated carbocycles. The molecule has 0 heterocycles. The van der Waals surface area contributed by atoms with Gasteiger partial charge in [0.25, 0.3) is 0 Å². The quantitative estimate of drug-likeness (QED) is 0.0264. The number of rotatable bonds is 75. The molecule has 0 radical (unpaired) electrons. The number of hydrogen-bond donors (Lipinski definition) is 2. The van der Waals surface area contributed by atoms with Crippen LogP contribution in [-0.4, -0.2) is 49.3 Å². The molecule has 10 heteroatoms. The van der Waals surface area contributed by atoms with Crippen molar-refractivity contribution in [2.75, 3.05) is 26.4 Å². The first-order valence-corrected chi connectivity index (χ1v) is 42.4. The number of phosphoric acid groups is 1. The molecule has 0 rings (SSSR count). The summed E-state index contributed by atoms with van der Waals surface area (Å²) in [5, 5.41) is 0. The zero-order valence-corrected chi connectivity index (χ0v) is 65.5. The number of phosphoric ester groups is 1. The van der Waals surface area contributed by atoms with E-state index in [9.17, 15) is 19.0 Å². The van der Waals surface area contributed by atoms with Crippen LogP contribution in [0.4, 0.5) is 0 Å². The first kappa shape index (κ1) is 95.8. The van der Waals surface area contributed by atoms with E-state index in [1.165, 1.54) is 161 Å². The van der Waals surface area contributed by atoms with E-state index in [0.717, 1.165) is 141 Å². The summed E-state index contributed by atoms with van der Waals surface area (Å²) in [6, 6.07) is 0. The molecule has 2 atom stereocenters. The van der Waals surface area contributed by atoms with E-state index in [0.29, 0.717) is 6.42 Å². The maximum Gasteiger partial charge on any atom is 0.472 e. The lowest BCUT2D eigenvalue weighted by molar-refractivity contribution is -0.161. The topological polar surface area (TPSA) is 134 Å². The van der Waals surface area contributed by atoms with Crippen LogP contribution in [0.3, 0.4) is 0 Å². The molecule has 0 aromatic rings. The molecular weight excluding hydrogens is 1270 g/mol. The second kappa shape index (κ2) is 83.8. The summed E-state index contributed by atoms with van der Waals surface area (Å²) in [6.07, 6.45) is 127. The van der Waals surface area contributed by atoms with Crippen molar-refractivity contribution in [3.63, 3.8) is 0 Å². The SMILES string of the molecule is CC/C=C\C/C=C\C/C=C\C/C=C\C/C=C\C/C=C\C/C=C\C/C=C\CCCCCCCCCCCCCCCCCCC(=O)OC(COC(=O)CCCCCCCCCCCCCCCC/C=C\C/C=C\C/C=C\C/C=C\C/C=C\C/C=C\C/C=C\C/C=C\CC)COP(=O)(O)OCCN. The average Bonchev–Trinajstić information content (AvgIpc) is 1.04. The van der Waals surface area contributed by atoms with Gasteiger partial charge in [0.1, 0.15) is 6.61 Å². The monoisotopic (exact) mass is 1420 g/mol. The summed E-state index contributed by atoms with van der Waals surface area (Å²) in [7, 11) is -4.41. The van der Waals surface area contributed by atoms with E-state index < -0.39 is 26.5 Å². The Morgan fingerprint density at radius 1 is 0.297 bits per heavy atom. The molecule has 0 aromatic carbocycles. The Hall–Kier alpha value is -5.15. The Morgan fingerprint density at radius 3 is 0.762 bits per heavy atom. The normalized spacial score (nSPS) is 13.9. The largest absolute Gasteiger partial charge is 0.472 e. The van der Waals surface area contributed by atoms with Gasteiger partial charge in [-0.15, -0.1) is 0 Å². The summed E-state index contributed by atoms with van der Waals surface area (Å²) < 4.78 is 33.3. The van der Waals surface area contributed by atoms with Gasteiger partial charge in [0.05, 0.1) is 13.2 Å². The highest BCUT2D eigenvalue weighted by Crippen LogP contribution is 2.43. The Bertz CT molecular complexity index is 2370. The predicted molar refractivity (Wildman–Crippen MR) is 440 cm³/mol. The number of carbonyl (C=O) groups excluding carboxylic acids is 2. The molecule has 0 aliphatic carbocycles. The van der Waals surface area contributed by atoms with Gasteiger partial charge in [-0.2, -0.15) is 0 Å². The standard InChI is InChI=1S/C91H150NO8P/c1-3-5-7-9-11-13-15-17-19-21-23-25-27-29-31-33-35-37-39-41-43-44-46-48-50-52-54-56-58-60-62-64-66-68-70-72-74-76-78-80-82-84-91(94)100-89(88-99-101(95,96)98-86-85-92)87-97-90(93)83-81-79-77-75-73-71-69-67-65-63-61-59-57-55-53-51-49-47-45-42-40-38-36-34-32-30-28-26-24-22-20-18-16-14-12-10-8-6-4-2/h5-8,11-14,17-20,23-26,29-32,35-38,41-43,45-46,48-49,51,89H,3-4,9-10,15-16,21-22,27-28,33-34,39-40,44,47,50,52-88,92H2,1-2H3,(H,95,96)/b7-5-,8-6-,13-11-,14-12-,19-17-,20-18-,25-23-,26-24-,31-29-,32-30-,37-35-,38-36-,43-41-,45-42-,48-46-,51-49-. The van der Waals surface area contributed by atoms with Crippen molar-refractivity contribution in [3.05, 3.63) is 194 Å². The van der Waals surface area contributed by atoms with Crippen molar-refractivity contribution < 1.29 is 37.6 Å². The van der Waals surface area contributed by atoms with Crippen LogP contribution in [0.25, 0.3) is 0 Å². The van der Waals surface area contributed by atoms with E-state index in [4.69, 9.17) is 24.3 Å². The van der Waals surface area contributed by atoms with Gasteiger partial charge in [0, 0.05) is 19.4 Å². The molecule has 0 aromatic heterocycles. The third-order valence-corrected chi connectivity index (χ3v) is 18.0. The molecule has 9 nitrogen and oxygen atoms in total. The van der Waals surface area contributed by atoms with Gasteiger partial charge < -0.3 is 20.1 Å². The lowest BCUT2D eigenvalue weighted by Crippen LogP contribution is -2.29. The van der Waals surface area contributed by atoms with Crippen molar-refractivity contribution in [2.24, 2.45) is 5.73 Å². The van der Waals surface area contributed by atoms with Crippen molar-refractivity contribution in [3.8, 4) is 0 Å². The van der Waals surface area contributed by atoms with Crippen LogP contribution in [0.1, 0.15) is 335 Å². The minimum atomic E-state index is -4.41. The minimum Gasteiger partial charge on any atom is -0.462 e. The lowest BCUT2D eigenvalue weighted by Gasteiger charge is -2.19. The molecule has 0 amide bonds. The van der Waals surface area contributed by atoms with Gasteiger partial charge in [-0.05, 0) is 141 Å². The Balaban J connectivity index is 3.86. The number of allylic oxidation sites excluding steroid dienone is 32. The molecule has 0 fully saturated rings. The van der Waals surface area contributed by atoms with E-state index in [-0.39, 0.29) is 38.6 Å². The molecule has 101 heavy (non-hydrogen) atoms. The van der Waals surface area contributed by atoms with E-state index >= 15 is 0 Å². The van der Waals surface area contributed by atoms with Crippen LogP contribution in [-0.2, 0) is 32.7 Å². The summed E-state index contributed by atoms with van der Waals surface area (Å²) in [5.41, 5.74) is 5.42. The number of ether oxygens (including phenoxy) is 2. The van der Waals surface area contributed by atoms with Crippen LogP contribution in [0, 0.1) is 0 Å². The highest BCUT2D eigenvalue weighted by molar-refractivity contribution is 7.47. The number of unbranched alkanes of at least 4 members (excludes halogenated alkanes) is 30. The van der Waals surface area contributed by atoms with Crippen LogP contribution in [0.5, 0.6) is 0 Å². The zero-order valence-electron chi connectivity index (χ0n) is 64.6. The molecule has 0 bridgehead atoms. The van der Waals surface area contributed by atoms with Gasteiger partial charge in [0.15, 0.2) is 6.10 Å². The second-order valence-electron chi connectivity index (χ2n) is 26.5. The minimum absolute atomic E-state index is 0.0471. The third-order valence-electron chi connectivity index (χ3n) is 17.0. The summed E-state index contributed by atoms with van der Waals surface area (Å²) in [4.78, 5) is 35.5. The first-order valence-electron chi connectivity index (χ1n) is 40.9. The molecule has 0 saturated heterocycles. The number of hydrogen-bond acceptors (Lipinski definition) is 8. The molecule has 2 unspecified atom stereocenters. The highest BCUT2D eigenvalue weighted by Gasteiger charge is 2.26. The molecule has 572 valence electrons. The van der Waals surface area contributed by atoms with Crippen molar-refractivity contribution >= 4 is 19.8 Å². The average molecular weight is 1420 g/mol. The fourth-order valence-corrected chi connectivity index (χ4v) is 11.8. The number of esters is 2.